The van der Waals surface area contributed by atoms with Crippen molar-refractivity contribution in [3.05, 3.63) is 49.6 Å². The Morgan fingerprint density at radius 3 is 1.79 bits per heavy atom. The minimum Gasteiger partial charge on any atom is -0.508 e. The molecule has 0 bridgehead atoms. The van der Waals surface area contributed by atoms with Crippen molar-refractivity contribution in [3.63, 3.8) is 0 Å². The van der Waals surface area contributed by atoms with Crippen LogP contribution in [0.4, 0.5) is 5.69 Å². The van der Waals surface area contributed by atoms with Gasteiger partial charge in [0.05, 0.1) is 0 Å². The summed E-state index contributed by atoms with van der Waals surface area (Å²) in [6.07, 6.45) is 11.6. The molecule has 0 saturated heterocycles. The fourth-order valence-corrected chi connectivity index (χ4v) is 2.47. The Balaban J connectivity index is 0. The molecule has 4 N–H and O–H groups in total. The molecule has 0 aliphatic heterocycles. The zero-order chi connectivity index (χ0) is 17.6. The maximum Gasteiger partial charge on any atom is 0.115 e. The SMILES string of the molecule is C=CCCCC(CC)(CO)CCCC=C.Nc1ccc(O)cc1.[Ti]. The van der Waals surface area contributed by atoms with Crippen LogP contribution in [0.2, 0.25) is 0 Å². The van der Waals surface area contributed by atoms with Crippen LogP contribution in [0.1, 0.15) is 51.9 Å². The zero-order valence-corrected chi connectivity index (χ0v) is 16.6. The van der Waals surface area contributed by atoms with Gasteiger partial charge >= 0.3 is 0 Å². The van der Waals surface area contributed by atoms with Gasteiger partial charge in [-0.05, 0) is 74.6 Å². The van der Waals surface area contributed by atoms with Crippen LogP contribution in [0.5, 0.6) is 5.75 Å². The van der Waals surface area contributed by atoms with E-state index in [1.807, 2.05) is 12.2 Å². The van der Waals surface area contributed by atoms with E-state index in [1.165, 1.54) is 0 Å². The van der Waals surface area contributed by atoms with Crippen molar-refractivity contribution in [1.29, 1.82) is 0 Å². The molecule has 0 radical (unpaired) electrons. The topological polar surface area (TPSA) is 66.5 Å². The second-order valence-electron chi connectivity index (χ2n) is 5.97. The fourth-order valence-electron chi connectivity index (χ4n) is 2.47. The van der Waals surface area contributed by atoms with E-state index in [0.29, 0.717) is 12.3 Å². The number of benzene rings is 1. The summed E-state index contributed by atoms with van der Waals surface area (Å²) in [4.78, 5) is 0. The summed E-state index contributed by atoms with van der Waals surface area (Å²) in [5, 5.41) is 18.2. The first-order chi connectivity index (χ1) is 11.0. The van der Waals surface area contributed by atoms with Crippen molar-refractivity contribution in [3.8, 4) is 5.75 Å². The van der Waals surface area contributed by atoms with Gasteiger partial charge in [-0.1, -0.05) is 19.1 Å². The molecule has 0 fully saturated rings. The molecule has 4 heteroatoms. The average molecular weight is 367 g/mol. The predicted octanol–water partition coefficient (Wildman–Crippen LogP) is 5.06. The Kier molecular flexibility index (Phi) is 16.3. The Morgan fingerprint density at radius 2 is 1.50 bits per heavy atom. The molecule has 1 aromatic rings. The van der Waals surface area contributed by atoms with E-state index in [-0.39, 0.29) is 32.9 Å². The van der Waals surface area contributed by atoms with E-state index >= 15 is 0 Å². The number of phenolic OH excluding ortho intramolecular Hbond substituents is 1. The molecular weight excluding hydrogens is 334 g/mol. The maximum absolute atomic E-state index is 9.52. The third-order valence-corrected chi connectivity index (χ3v) is 4.21. The third kappa shape index (κ3) is 11.5. The summed E-state index contributed by atoms with van der Waals surface area (Å²) in [5.74, 6) is 0.249. The maximum atomic E-state index is 9.52. The first-order valence-corrected chi connectivity index (χ1v) is 8.40. The monoisotopic (exact) mass is 367 g/mol. The Hall–Kier alpha value is -1.03. The standard InChI is InChI=1S/C14H26O.C6H7NO.Ti/c1-4-7-9-11-14(6-3,13-15)12-10-8-5-2;7-5-1-3-6(8)4-2-5;/h4-5,15H,1-2,6-13H2,3H3;1-4,8H,7H2;. The molecule has 0 amide bonds. The Bertz CT molecular complexity index is 391. The van der Waals surface area contributed by atoms with Crippen molar-refractivity contribution in [1.82, 2.24) is 0 Å². The number of rotatable bonds is 10. The minimum atomic E-state index is 0. The molecule has 1 rings (SSSR count). The van der Waals surface area contributed by atoms with Crippen molar-refractivity contribution >= 4 is 5.69 Å². The smallest absolute Gasteiger partial charge is 0.115 e. The molecule has 0 spiro atoms. The van der Waals surface area contributed by atoms with Crippen LogP contribution in [-0.4, -0.2) is 16.8 Å². The fraction of sp³-hybridized carbons (Fsp3) is 0.500. The number of anilines is 1. The van der Waals surface area contributed by atoms with Gasteiger partial charge in [0, 0.05) is 34.0 Å². The summed E-state index contributed by atoms with van der Waals surface area (Å²) in [6, 6.07) is 6.40. The van der Waals surface area contributed by atoms with Crippen LogP contribution in [0.3, 0.4) is 0 Å². The summed E-state index contributed by atoms with van der Waals surface area (Å²) in [6.45, 7) is 9.96. The number of allylic oxidation sites excluding steroid dienone is 2. The largest absolute Gasteiger partial charge is 0.508 e. The predicted molar refractivity (Wildman–Crippen MR) is 100 cm³/mol. The molecule has 0 saturated carbocycles. The number of nitrogens with two attached hydrogens (primary N) is 1. The molecule has 0 atom stereocenters. The number of hydrogen-bond donors (Lipinski definition) is 3. The van der Waals surface area contributed by atoms with Gasteiger partial charge < -0.3 is 15.9 Å². The molecular formula is C20H33NO2Ti. The third-order valence-electron chi connectivity index (χ3n) is 4.21. The normalized spacial score (nSPS) is 10.1. The molecule has 0 aliphatic carbocycles. The van der Waals surface area contributed by atoms with Gasteiger partial charge in [-0.25, -0.2) is 0 Å². The van der Waals surface area contributed by atoms with E-state index in [2.05, 4.69) is 20.1 Å². The summed E-state index contributed by atoms with van der Waals surface area (Å²) >= 11 is 0. The number of aliphatic hydroxyl groups is 1. The van der Waals surface area contributed by atoms with Crippen LogP contribution in [0.15, 0.2) is 49.6 Å². The van der Waals surface area contributed by atoms with Crippen molar-refractivity contribution in [2.45, 2.75) is 51.9 Å². The Morgan fingerprint density at radius 1 is 1.04 bits per heavy atom. The summed E-state index contributed by atoms with van der Waals surface area (Å²) < 4.78 is 0. The van der Waals surface area contributed by atoms with Crippen LogP contribution < -0.4 is 5.73 Å². The molecule has 1 aromatic carbocycles. The summed E-state index contributed by atoms with van der Waals surface area (Å²) in [7, 11) is 0. The van der Waals surface area contributed by atoms with Crippen LogP contribution in [0, 0.1) is 5.41 Å². The van der Waals surface area contributed by atoms with Gasteiger partial charge in [0.15, 0.2) is 0 Å². The van der Waals surface area contributed by atoms with Gasteiger partial charge in [0.2, 0.25) is 0 Å². The van der Waals surface area contributed by atoms with Gasteiger partial charge in [-0.2, -0.15) is 0 Å². The average Bonchev–Trinajstić information content (AvgIpc) is 2.57. The molecule has 0 aliphatic rings. The van der Waals surface area contributed by atoms with E-state index in [9.17, 15) is 5.11 Å². The van der Waals surface area contributed by atoms with E-state index in [4.69, 9.17) is 10.8 Å². The van der Waals surface area contributed by atoms with Crippen LogP contribution in [0.25, 0.3) is 0 Å². The van der Waals surface area contributed by atoms with E-state index in [0.717, 1.165) is 44.9 Å². The molecule has 0 heterocycles. The molecule has 0 aromatic heterocycles. The van der Waals surface area contributed by atoms with E-state index < -0.39 is 0 Å². The van der Waals surface area contributed by atoms with E-state index in [1.54, 1.807) is 24.3 Å². The molecule has 24 heavy (non-hydrogen) atoms. The number of nitrogen functional groups attached to an aromatic ring is 1. The second kappa shape index (κ2) is 15.5. The number of unbranched alkanes of at least 4 members (excludes halogenated alkanes) is 2. The second-order valence-corrected chi connectivity index (χ2v) is 5.97. The molecule has 134 valence electrons. The van der Waals surface area contributed by atoms with Crippen molar-refractivity contribution in [2.24, 2.45) is 5.41 Å². The van der Waals surface area contributed by atoms with Crippen molar-refractivity contribution in [2.75, 3.05) is 12.3 Å². The van der Waals surface area contributed by atoms with Gasteiger partial charge in [-0.3, -0.25) is 0 Å². The minimum absolute atomic E-state index is 0. The van der Waals surface area contributed by atoms with Gasteiger partial charge in [0.25, 0.3) is 0 Å². The number of phenols is 1. The molecule has 0 unspecified atom stereocenters. The van der Waals surface area contributed by atoms with Crippen molar-refractivity contribution < 1.29 is 31.9 Å². The number of hydrogen-bond acceptors (Lipinski definition) is 3. The number of aromatic hydroxyl groups is 1. The summed E-state index contributed by atoms with van der Waals surface area (Å²) in [5.41, 5.74) is 6.13. The zero-order valence-electron chi connectivity index (χ0n) is 15.0. The Labute approximate surface area is 162 Å². The molecule has 3 nitrogen and oxygen atoms in total. The first-order valence-electron chi connectivity index (χ1n) is 8.40. The number of aliphatic hydroxyl groups excluding tert-OH is 1. The van der Waals surface area contributed by atoms with Crippen LogP contribution >= 0.6 is 0 Å². The van der Waals surface area contributed by atoms with Gasteiger partial charge in [-0.15, -0.1) is 13.2 Å². The van der Waals surface area contributed by atoms with Gasteiger partial charge in [0.1, 0.15) is 5.75 Å². The quantitative estimate of drug-likeness (QED) is 0.178. The first kappa shape index (κ1) is 25.2. The van der Waals surface area contributed by atoms with Crippen LogP contribution in [-0.2, 0) is 21.7 Å².